The van der Waals surface area contributed by atoms with Crippen LogP contribution in [0.25, 0.3) is 11.8 Å². The molecule has 2 fully saturated rings. The van der Waals surface area contributed by atoms with Crippen LogP contribution in [0, 0.1) is 13.8 Å². The highest BCUT2D eigenvalue weighted by Gasteiger charge is 2.37. The average Bonchev–Trinajstić information content (AvgIpc) is 3.22. The fourth-order valence-corrected chi connectivity index (χ4v) is 5.18. The Morgan fingerprint density at radius 3 is 2.59 bits per heavy atom. The number of ether oxygens (including phenoxy) is 2. The number of likely N-dealkylation sites (N-methyl/N-ethyl adjacent to an activating group) is 1. The summed E-state index contributed by atoms with van der Waals surface area (Å²) in [6, 6.07) is 8.35. The summed E-state index contributed by atoms with van der Waals surface area (Å²) in [6.07, 6.45) is 1.79. The topological polar surface area (TPSA) is 67.2 Å². The number of aryl methyl sites for hydroxylation is 1. The number of anilines is 1. The van der Waals surface area contributed by atoms with Crippen LogP contribution in [-0.2, 0) is 19.1 Å². The Kier molecular flexibility index (Phi) is 7.11. The zero-order chi connectivity index (χ0) is 24.6. The Bertz CT molecular complexity index is 1190. The summed E-state index contributed by atoms with van der Waals surface area (Å²) >= 11 is 9.12. The molecule has 180 valence electrons. The molecule has 0 atom stereocenters. The first kappa shape index (κ1) is 24.4. The first-order chi connectivity index (χ1) is 16.2. The Hall–Kier alpha value is -2.69. The summed E-state index contributed by atoms with van der Waals surface area (Å²) in [4.78, 5) is 30.0. The number of amides is 1. The van der Waals surface area contributed by atoms with Gasteiger partial charge in [-0.05, 0) is 77.9 Å². The maximum Gasteiger partial charge on any atom is 0.325 e. The second-order valence-corrected chi connectivity index (χ2v) is 9.46. The number of rotatable bonds is 5. The molecule has 0 aliphatic carbocycles. The number of morpholine rings is 1. The van der Waals surface area contributed by atoms with E-state index in [1.807, 2.05) is 19.9 Å². The van der Waals surface area contributed by atoms with Gasteiger partial charge in [0.15, 0.2) is 5.11 Å². The monoisotopic (exact) mass is 546 g/mol. The third-order valence-corrected chi connectivity index (χ3v) is 7.28. The zero-order valence-corrected chi connectivity index (χ0v) is 22.0. The summed E-state index contributed by atoms with van der Waals surface area (Å²) in [7, 11) is 2.92. The van der Waals surface area contributed by atoms with E-state index >= 15 is 0 Å². The first-order valence-corrected chi connectivity index (χ1v) is 12.1. The van der Waals surface area contributed by atoms with Crippen molar-refractivity contribution >= 4 is 56.9 Å². The molecular formula is C24H27BrN4O4S. The second kappa shape index (κ2) is 9.89. The molecule has 2 aromatic rings. The van der Waals surface area contributed by atoms with Gasteiger partial charge >= 0.3 is 5.97 Å². The van der Waals surface area contributed by atoms with Gasteiger partial charge in [-0.3, -0.25) is 14.5 Å². The first-order valence-electron chi connectivity index (χ1n) is 10.9. The van der Waals surface area contributed by atoms with Gasteiger partial charge in [-0.25, -0.2) is 0 Å². The number of hydrogen-bond donors (Lipinski definition) is 0. The molecule has 1 aromatic carbocycles. The van der Waals surface area contributed by atoms with Crippen LogP contribution >= 0.6 is 28.1 Å². The van der Waals surface area contributed by atoms with E-state index in [9.17, 15) is 9.59 Å². The molecule has 4 rings (SSSR count). The molecule has 0 N–H and O–H groups in total. The largest absolute Gasteiger partial charge is 0.468 e. The van der Waals surface area contributed by atoms with Crippen molar-refractivity contribution in [2.75, 3.05) is 51.9 Å². The maximum absolute atomic E-state index is 12.9. The predicted molar refractivity (Wildman–Crippen MR) is 138 cm³/mol. The molecule has 0 unspecified atom stereocenters. The molecule has 8 nitrogen and oxygen atoms in total. The minimum absolute atomic E-state index is 0.119. The molecule has 0 saturated carbocycles. The molecule has 34 heavy (non-hydrogen) atoms. The number of nitrogens with zero attached hydrogens (tertiary/aromatic N) is 4. The van der Waals surface area contributed by atoms with E-state index in [1.54, 1.807) is 13.1 Å². The number of thiocarbonyl (C=S) groups is 1. The Labute approximate surface area is 212 Å². The number of halogens is 1. The smallest absolute Gasteiger partial charge is 0.325 e. The van der Waals surface area contributed by atoms with Gasteiger partial charge in [0, 0.05) is 41.7 Å². The van der Waals surface area contributed by atoms with E-state index < -0.39 is 5.97 Å². The molecule has 1 aromatic heterocycles. The minimum atomic E-state index is -0.466. The SMILES string of the molecule is COC(=O)CN1C(=S)N(C)C(=O)/C1=C/c1cc(C)n(-c2ccc(N3CCOCC3)c(Br)c2)c1C. The van der Waals surface area contributed by atoms with Crippen LogP contribution in [0.5, 0.6) is 0 Å². The summed E-state index contributed by atoms with van der Waals surface area (Å²) < 4.78 is 13.4. The molecule has 3 heterocycles. The normalized spacial score (nSPS) is 17.8. The van der Waals surface area contributed by atoms with Crippen LogP contribution in [-0.4, -0.2) is 78.4 Å². The van der Waals surface area contributed by atoms with Gasteiger partial charge < -0.3 is 23.8 Å². The van der Waals surface area contributed by atoms with Gasteiger partial charge in [-0.1, -0.05) is 0 Å². The van der Waals surface area contributed by atoms with Crippen molar-refractivity contribution in [3.63, 3.8) is 0 Å². The third kappa shape index (κ3) is 4.49. The maximum atomic E-state index is 12.9. The lowest BCUT2D eigenvalue weighted by Gasteiger charge is -2.30. The van der Waals surface area contributed by atoms with Crippen molar-refractivity contribution in [1.29, 1.82) is 0 Å². The van der Waals surface area contributed by atoms with E-state index in [2.05, 4.69) is 43.6 Å². The highest BCUT2D eigenvalue weighted by Crippen LogP contribution is 2.32. The van der Waals surface area contributed by atoms with Gasteiger partial charge in [0.25, 0.3) is 5.91 Å². The second-order valence-electron chi connectivity index (χ2n) is 8.24. The van der Waals surface area contributed by atoms with Crippen molar-refractivity contribution < 1.29 is 19.1 Å². The number of methoxy groups -OCH3 is 1. The van der Waals surface area contributed by atoms with Crippen LogP contribution < -0.4 is 4.90 Å². The van der Waals surface area contributed by atoms with E-state index in [0.29, 0.717) is 5.70 Å². The number of aromatic nitrogens is 1. The number of esters is 1. The zero-order valence-electron chi connectivity index (χ0n) is 19.6. The quantitative estimate of drug-likeness (QED) is 0.324. The Morgan fingerprint density at radius 2 is 1.94 bits per heavy atom. The van der Waals surface area contributed by atoms with Crippen LogP contribution in [0.3, 0.4) is 0 Å². The molecule has 10 heteroatoms. The van der Waals surface area contributed by atoms with Crippen molar-refractivity contribution in [2.45, 2.75) is 13.8 Å². The van der Waals surface area contributed by atoms with Crippen molar-refractivity contribution in [3.05, 3.63) is 51.4 Å². The summed E-state index contributed by atoms with van der Waals surface area (Å²) in [5.41, 5.74) is 5.38. The standard InChI is InChI=1S/C24H27BrN4O4S/c1-15-11-17(12-21-23(31)26(3)24(34)28(21)14-22(30)32-4)16(2)29(15)18-5-6-20(19(25)13-18)27-7-9-33-10-8-27/h5-6,11-13H,7-10,14H2,1-4H3/b21-12-. The van der Waals surface area contributed by atoms with Crippen LogP contribution in [0.1, 0.15) is 17.0 Å². The fraction of sp³-hybridized carbons (Fsp3) is 0.375. The summed E-state index contributed by atoms with van der Waals surface area (Å²) in [5, 5.41) is 0.276. The van der Waals surface area contributed by atoms with E-state index in [1.165, 1.54) is 16.9 Å². The minimum Gasteiger partial charge on any atom is -0.468 e. The molecule has 2 saturated heterocycles. The molecule has 2 aliphatic heterocycles. The Morgan fingerprint density at radius 1 is 1.24 bits per heavy atom. The lowest BCUT2D eigenvalue weighted by atomic mass is 10.2. The fourth-order valence-electron chi connectivity index (χ4n) is 4.32. The highest BCUT2D eigenvalue weighted by molar-refractivity contribution is 9.10. The molecule has 2 aliphatic rings. The van der Waals surface area contributed by atoms with Crippen LogP contribution in [0.2, 0.25) is 0 Å². The third-order valence-electron chi connectivity index (χ3n) is 6.15. The average molecular weight is 547 g/mol. The number of benzene rings is 1. The van der Waals surface area contributed by atoms with Gasteiger partial charge in [0.2, 0.25) is 0 Å². The van der Waals surface area contributed by atoms with Gasteiger partial charge in [-0.2, -0.15) is 0 Å². The highest BCUT2D eigenvalue weighted by atomic mass is 79.9. The summed E-state index contributed by atoms with van der Waals surface area (Å²) in [6.45, 7) is 7.10. The number of carbonyl (C=O) groups is 2. The van der Waals surface area contributed by atoms with Crippen LogP contribution in [0.4, 0.5) is 5.69 Å². The van der Waals surface area contributed by atoms with Crippen molar-refractivity contribution in [3.8, 4) is 5.69 Å². The van der Waals surface area contributed by atoms with E-state index in [-0.39, 0.29) is 17.6 Å². The Balaban J connectivity index is 1.69. The molecule has 0 bridgehead atoms. The van der Waals surface area contributed by atoms with E-state index in [0.717, 1.165) is 59.1 Å². The van der Waals surface area contributed by atoms with Gasteiger partial charge in [0.05, 0.1) is 26.0 Å². The van der Waals surface area contributed by atoms with Gasteiger partial charge in [0.1, 0.15) is 12.2 Å². The van der Waals surface area contributed by atoms with Gasteiger partial charge in [-0.15, -0.1) is 0 Å². The van der Waals surface area contributed by atoms with Crippen molar-refractivity contribution in [1.82, 2.24) is 14.4 Å². The van der Waals surface area contributed by atoms with Crippen LogP contribution in [0.15, 0.2) is 34.4 Å². The lowest BCUT2D eigenvalue weighted by Crippen LogP contribution is -2.36. The lowest BCUT2D eigenvalue weighted by molar-refractivity contribution is -0.140. The predicted octanol–water partition coefficient (Wildman–Crippen LogP) is 3.27. The molecule has 0 radical (unpaired) electrons. The molecule has 0 spiro atoms. The number of hydrogen-bond acceptors (Lipinski definition) is 6. The number of carbonyl (C=O) groups excluding carboxylic acids is 2. The van der Waals surface area contributed by atoms with E-state index in [4.69, 9.17) is 21.7 Å². The molecule has 1 amide bonds. The van der Waals surface area contributed by atoms with Crippen molar-refractivity contribution in [2.24, 2.45) is 0 Å². The molecular weight excluding hydrogens is 520 g/mol. The summed E-state index contributed by atoms with van der Waals surface area (Å²) in [5.74, 6) is -0.719.